The van der Waals surface area contributed by atoms with E-state index in [4.69, 9.17) is 0 Å². The van der Waals surface area contributed by atoms with Gasteiger partial charge in [-0.05, 0) is 40.8 Å². The van der Waals surface area contributed by atoms with Gasteiger partial charge in [-0.2, -0.15) is 5.10 Å². The number of nitrogens with zero attached hydrogens (tertiary/aromatic N) is 4. The van der Waals surface area contributed by atoms with Gasteiger partial charge >= 0.3 is 0 Å². The minimum absolute atomic E-state index is 0.316. The number of thiazole rings is 1. The summed E-state index contributed by atoms with van der Waals surface area (Å²) in [6.45, 7) is 10.3. The van der Waals surface area contributed by atoms with Crippen LogP contribution in [0, 0.1) is 13.8 Å². The number of rotatable bonds is 5. The zero-order valence-corrected chi connectivity index (χ0v) is 13.2. The standard InChI is InChI=1S/C14H22N4S/c1-6-18-8-7-13(16-18)9-17(5)10(2)14-11(3)19-12(4)15-14/h7-8,10H,6,9H2,1-5H3/t10-/m1/s1. The highest BCUT2D eigenvalue weighted by Gasteiger charge is 2.18. The van der Waals surface area contributed by atoms with Crippen molar-refractivity contribution in [1.29, 1.82) is 0 Å². The Balaban J connectivity index is 2.06. The molecule has 2 heterocycles. The molecule has 0 radical (unpaired) electrons. The molecule has 0 N–H and O–H groups in total. The van der Waals surface area contributed by atoms with E-state index in [1.54, 1.807) is 11.3 Å². The maximum atomic E-state index is 4.65. The Morgan fingerprint density at radius 2 is 2.16 bits per heavy atom. The van der Waals surface area contributed by atoms with Crippen LogP contribution in [0.3, 0.4) is 0 Å². The number of hydrogen-bond donors (Lipinski definition) is 0. The van der Waals surface area contributed by atoms with E-state index in [0.717, 1.165) is 23.8 Å². The molecular weight excluding hydrogens is 256 g/mol. The molecule has 2 rings (SSSR count). The first-order chi connectivity index (χ1) is 9.01. The number of aryl methyl sites for hydroxylation is 3. The first kappa shape index (κ1) is 14.2. The second-order valence-corrected chi connectivity index (χ2v) is 6.34. The van der Waals surface area contributed by atoms with Gasteiger partial charge in [0.05, 0.1) is 22.4 Å². The van der Waals surface area contributed by atoms with Gasteiger partial charge in [0.15, 0.2) is 0 Å². The third kappa shape index (κ3) is 3.22. The molecule has 0 bridgehead atoms. The molecular formula is C14H22N4S. The predicted molar refractivity (Wildman–Crippen MR) is 79.4 cm³/mol. The minimum atomic E-state index is 0.316. The van der Waals surface area contributed by atoms with E-state index in [0.29, 0.717) is 6.04 Å². The molecule has 0 saturated carbocycles. The largest absolute Gasteiger partial charge is 0.292 e. The van der Waals surface area contributed by atoms with E-state index in [9.17, 15) is 0 Å². The molecule has 1 atom stereocenters. The molecule has 0 aromatic carbocycles. The second-order valence-electron chi connectivity index (χ2n) is 4.93. The SMILES string of the molecule is CCn1ccc(CN(C)[C@H](C)c2nc(C)sc2C)n1. The molecule has 0 aliphatic carbocycles. The fraction of sp³-hybridized carbons (Fsp3) is 0.571. The van der Waals surface area contributed by atoms with Gasteiger partial charge in [-0.25, -0.2) is 4.98 Å². The monoisotopic (exact) mass is 278 g/mol. The molecule has 2 aromatic heterocycles. The van der Waals surface area contributed by atoms with Crippen LogP contribution in [0.5, 0.6) is 0 Å². The molecule has 0 fully saturated rings. The van der Waals surface area contributed by atoms with Crippen molar-refractivity contribution in [3.05, 3.63) is 33.5 Å². The lowest BCUT2D eigenvalue weighted by atomic mass is 10.2. The first-order valence-electron chi connectivity index (χ1n) is 6.67. The highest BCUT2D eigenvalue weighted by molar-refractivity contribution is 7.11. The quantitative estimate of drug-likeness (QED) is 0.842. The van der Waals surface area contributed by atoms with Crippen molar-refractivity contribution < 1.29 is 0 Å². The van der Waals surface area contributed by atoms with Gasteiger partial charge in [-0.3, -0.25) is 9.58 Å². The van der Waals surface area contributed by atoms with E-state index < -0.39 is 0 Å². The molecule has 5 heteroatoms. The summed E-state index contributed by atoms with van der Waals surface area (Å²) in [5, 5.41) is 5.67. The van der Waals surface area contributed by atoms with Crippen LogP contribution in [-0.4, -0.2) is 26.7 Å². The first-order valence-corrected chi connectivity index (χ1v) is 7.49. The van der Waals surface area contributed by atoms with Crippen molar-refractivity contribution in [2.75, 3.05) is 7.05 Å². The summed E-state index contributed by atoms with van der Waals surface area (Å²) in [4.78, 5) is 8.26. The molecule has 4 nitrogen and oxygen atoms in total. The van der Waals surface area contributed by atoms with Crippen LogP contribution in [0.15, 0.2) is 12.3 Å². The molecule has 0 saturated heterocycles. The molecule has 0 amide bonds. The van der Waals surface area contributed by atoms with E-state index in [-0.39, 0.29) is 0 Å². The van der Waals surface area contributed by atoms with Crippen molar-refractivity contribution in [3.8, 4) is 0 Å². The molecule has 0 aliphatic heterocycles. The van der Waals surface area contributed by atoms with E-state index in [1.807, 2.05) is 10.9 Å². The van der Waals surface area contributed by atoms with Crippen LogP contribution in [0.1, 0.15) is 41.2 Å². The van der Waals surface area contributed by atoms with E-state index >= 15 is 0 Å². The lowest BCUT2D eigenvalue weighted by Gasteiger charge is -2.23. The number of aromatic nitrogens is 3. The summed E-state index contributed by atoms with van der Waals surface area (Å²) in [7, 11) is 2.13. The fourth-order valence-corrected chi connectivity index (χ4v) is 3.11. The van der Waals surface area contributed by atoms with Crippen molar-refractivity contribution in [3.63, 3.8) is 0 Å². The maximum Gasteiger partial charge on any atom is 0.0900 e. The van der Waals surface area contributed by atoms with Gasteiger partial charge in [0, 0.05) is 24.2 Å². The van der Waals surface area contributed by atoms with Crippen molar-refractivity contribution in [1.82, 2.24) is 19.7 Å². The molecule has 19 heavy (non-hydrogen) atoms. The Kier molecular flexibility index (Phi) is 4.37. The van der Waals surface area contributed by atoms with Crippen LogP contribution in [0.2, 0.25) is 0 Å². The van der Waals surface area contributed by atoms with Gasteiger partial charge in [-0.1, -0.05) is 0 Å². The smallest absolute Gasteiger partial charge is 0.0900 e. The fourth-order valence-electron chi connectivity index (χ4n) is 2.20. The zero-order chi connectivity index (χ0) is 14.0. The third-order valence-corrected chi connectivity index (χ3v) is 4.33. The molecule has 2 aromatic rings. The van der Waals surface area contributed by atoms with Crippen LogP contribution >= 0.6 is 11.3 Å². The van der Waals surface area contributed by atoms with E-state index in [2.05, 4.69) is 55.8 Å². The van der Waals surface area contributed by atoms with Crippen molar-refractivity contribution in [2.24, 2.45) is 0 Å². The summed E-state index contributed by atoms with van der Waals surface area (Å²) in [5.74, 6) is 0. The Labute approximate surface area is 119 Å². The van der Waals surface area contributed by atoms with E-state index in [1.165, 1.54) is 10.6 Å². The van der Waals surface area contributed by atoms with Crippen LogP contribution in [0.4, 0.5) is 0 Å². The van der Waals surface area contributed by atoms with Crippen molar-refractivity contribution in [2.45, 2.75) is 46.8 Å². The normalized spacial score (nSPS) is 13.2. The molecule has 104 valence electrons. The Bertz CT molecular complexity index is 543. The van der Waals surface area contributed by atoms with Crippen LogP contribution in [-0.2, 0) is 13.1 Å². The zero-order valence-electron chi connectivity index (χ0n) is 12.3. The Morgan fingerprint density at radius 1 is 1.42 bits per heavy atom. The lowest BCUT2D eigenvalue weighted by Crippen LogP contribution is -2.23. The summed E-state index contributed by atoms with van der Waals surface area (Å²) >= 11 is 1.77. The van der Waals surface area contributed by atoms with Gasteiger partial charge in [0.25, 0.3) is 0 Å². The number of hydrogen-bond acceptors (Lipinski definition) is 4. The molecule has 0 aliphatic rings. The van der Waals surface area contributed by atoms with Crippen LogP contribution < -0.4 is 0 Å². The average Bonchev–Trinajstić information content (AvgIpc) is 2.94. The van der Waals surface area contributed by atoms with Crippen LogP contribution in [0.25, 0.3) is 0 Å². The second kappa shape index (κ2) is 5.84. The summed E-state index contributed by atoms with van der Waals surface area (Å²) in [6.07, 6.45) is 2.03. The highest BCUT2D eigenvalue weighted by atomic mass is 32.1. The van der Waals surface area contributed by atoms with Crippen molar-refractivity contribution >= 4 is 11.3 Å². The minimum Gasteiger partial charge on any atom is -0.292 e. The maximum absolute atomic E-state index is 4.65. The predicted octanol–water partition coefficient (Wildman–Crippen LogP) is 3.17. The molecule has 0 spiro atoms. The topological polar surface area (TPSA) is 34.0 Å². The lowest BCUT2D eigenvalue weighted by molar-refractivity contribution is 0.245. The average molecular weight is 278 g/mol. The summed E-state index contributed by atoms with van der Waals surface area (Å²) in [5.41, 5.74) is 2.31. The summed E-state index contributed by atoms with van der Waals surface area (Å²) < 4.78 is 1.96. The third-order valence-electron chi connectivity index (χ3n) is 3.43. The van der Waals surface area contributed by atoms with Gasteiger partial charge in [0.1, 0.15) is 0 Å². The highest BCUT2D eigenvalue weighted by Crippen LogP contribution is 2.26. The molecule has 0 unspecified atom stereocenters. The van der Waals surface area contributed by atoms with Gasteiger partial charge in [0.2, 0.25) is 0 Å². The van der Waals surface area contributed by atoms with Gasteiger partial charge in [-0.15, -0.1) is 11.3 Å². The Hall–Kier alpha value is -1.20. The van der Waals surface area contributed by atoms with Gasteiger partial charge < -0.3 is 0 Å². The Morgan fingerprint density at radius 3 is 2.68 bits per heavy atom. The summed E-state index contributed by atoms with van der Waals surface area (Å²) in [6, 6.07) is 2.41.